The number of amides is 1. The van der Waals surface area contributed by atoms with Gasteiger partial charge < -0.3 is 10.0 Å². The summed E-state index contributed by atoms with van der Waals surface area (Å²) >= 11 is 0. The first-order valence-corrected chi connectivity index (χ1v) is 4.88. The van der Waals surface area contributed by atoms with Gasteiger partial charge in [0, 0.05) is 6.20 Å². The maximum Gasteiger partial charge on any atom is 0.417 e. The third kappa shape index (κ3) is 2.38. The summed E-state index contributed by atoms with van der Waals surface area (Å²) in [5.41, 5.74) is -0.856. The monoisotopic (exact) mass is 246 g/mol. The predicted molar refractivity (Wildman–Crippen MR) is 52.2 cm³/mol. The van der Waals surface area contributed by atoms with Crippen LogP contribution in [0.15, 0.2) is 18.5 Å². The summed E-state index contributed by atoms with van der Waals surface area (Å²) in [6, 6.07) is 0.850. The standard InChI is InChI=1S/C10H9F3N2O2/c11-10(12,13)6-1-7(4-14-3-6)15-5-8(16)2-9(15)17/h1,3-4,8,16H,2,5H2. The number of carbonyl (C=O) groups is 1. The van der Waals surface area contributed by atoms with Gasteiger partial charge in [0.05, 0.1) is 36.5 Å². The number of aromatic nitrogens is 1. The number of alkyl halides is 3. The molecule has 0 aromatic carbocycles. The fourth-order valence-electron chi connectivity index (χ4n) is 1.67. The number of rotatable bonds is 1. The number of aliphatic hydroxyl groups is 1. The lowest BCUT2D eigenvalue weighted by Crippen LogP contribution is -2.25. The Kier molecular flexibility index (Phi) is 2.78. The smallest absolute Gasteiger partial charge is 0.391 e. The number of pyridine rings is 1. The zero-order valence-electron chi connectivity index (χ0n) is 8.61. The Morgan fingerprint density at radius 2 is 2.12 bits per heavy atom. The SMILES string of the molecule is O=C1CC(O)CN1c1cncc(C(F)(F)F)c1. The van der Waals surface area contributed by atoms with Gasteiger partial charge in [-0.1, -0.05) is 0 Å². The van der Waals surface area contributed by atoms with Crippen molar-refractivity contribution in [2.75, 3.05) is 11.4 Å². The lowest BCUT2D eigenvalue weighted by atomic mass is 10.2. The molecule has 0 radical (unpaired) electrons. The zero-order valence-corrected chi connectivity index (χ0v) is 8.61. The zero-order chi connectivity index (χ0) is 12.6. The Morgan fingerprint density at radius 1 is 1.41 bits per heavy atom. The highest BCUT2D eigenvalue weighted by atomic mass is 19.4. The third-order valence-electron chi connectivity index (χ3n) is 2.47. The number of hydrogen-bond donors (Lipinski definition) is 1. The maximum absolute atomic E-state index is 12.4. The van der Waals surface area contributed by atoms with Crippen molar-refractivity contribution in [3.05, 3.63) is 24.0 Å². The van der Waals surface area contributed by atoms with Crippen LogP contribution in [0.2, 0.25) is 0 Å². The first-order chi connectivity index (χ1) is 7.88. The molecule has 0 bridgehead atoms. The summed E-state index contributed by atoms with van der Waals surface area (Å²) in [5, 5.41) is 9.26. The van der Waals surface area contributed by atoms with Gasteiger partial charge in [0.2, 0.25) is 5.91 Å². The molecule has 1 saturated heterocycles. The molecule has 17 heavy (non-hydrogen) atoms. The van der Waals surface area contributed by atoms with E-state index in [0.717, 1.165) is 11.0 Å². The Bertz CT molecular complexity index is 447. The molecule has 1 N–H and O–H groups in total. The van der Waals surface area contributed by atoms with E-state index in [4.69, 9.17) is 0 Å². The molecule has 0 spiro atoms. The van der Waals surface area contributed by atoms with E-state index in [9.17, 15) is 23.1 Å². The van der Waals surface area contributed by atoms with Crippen molar-refractivity contribution >= 4 is 11.6 Å². The number of halogens is 3. The van der Waals surface area contributed by atoms with Crippen molar-refractivity contribution in [2.24, 2.45) is 0 Å². The van der Waals surface area contributed by atoms with E-state index in [2.05, 4.69) is 4.98 Å². The number of carbonyl (C=O) groups excluding carboxylic acids is 1. The maximum atomic E-state index is 12.4. The molecule has 1 atom stereocenters. The van der Waals surface area contributed by atoms with Gasteiger partial charge in [0.25, 0.3) is 0 Å². The van der Waals surface area contributed by atoms with Crippen LogP contribution in [0.1, 0.15) is 12.0 Å². The van der Waals surface area contributed by atoms with Crippen LogP contribution in [-0.4, -0.2) is 28.6 Å². The van der Waals surface area contributed by atoms with E-state index in [-0.39, 0.29) is 18.7 Å². The van der Waals surface area contributed by atoms with E-state index in [1.807, 2.05) is 0 Å². The second-order valence-corrected chi connectivity index (χ2v) is 3.79. The van der Waals surface area contributed by atoms with Crippen molar-refractivity contribution in [3.63, 3.8) is 0 Å². The minimum absolute atomic E-state index is 0.00181. The first kappa shape index (κ1) is 11.8. The van der Waals surface area contributed by atoms with Gasteiger partial charge in [-0.3, -0.25) is 9.78 Å². The van der Waals surface area contributed by atoms with Crippen LogP contribution in [-0.2, 0) is 11.0 Å². The Hall–Kier alpha value is -1.63. The molecular weight excluding hydrogens is 237 g/mol. The number of anilines is 1. The lowest BCUT2D eigenvalue weighted by molar-refractivity contribution is -0.137. The molecule has 1 aromatic heterocycles. The fraction of sp³-hybridized carbons (Fsp3) is 0.400. The van der Waals surface area contributed by atoms with Crippen LogP contribution in [0.3, 0.4) is 0 Å². The number of β-amino-alcohol motifs (C(OH)–C–C–N with tert-alkyl or cyclic N) is 1. The highest BCUT2D eigenvalue weighted by molar-refractivity contribution is 5.95. The summed E-state index contributed by atoms with van der Waals surface area (Å²) in [7, 11) is 0. The van der Waals surface area contributed by atoms with Crippen molar-refractivity contribution < 1.29 is 23.1 Å². The van der Waals surface area contributed by atoms with Gasteiger partial charge in [-0.05, 0) is 6.07 Å². The van der Waals surface area contributed by atoms with Crippen LogP contribution in [0.5, 0.6) is 0 Å². The van der Waals surface area contributed by atoms with Crippen LogP contribution in [0.25, 0.3) is 0 Å². The summed E-state index contributed by atoms with van der Waals surface area (Å²) in [6.07, 6.45) is -3.54. The average Bonchev–Trinajstić information content (AvgIpc) is 2.57. The Labute approximate surface area is 94.7 Å². The van der Waals surface area contributed by atoms with Gasteiger partial charge in [-0.25, -0.2) is 0 Å². The third-order valence-corrected chi connectivity index (χ3v) is 2.47. The molecular formula is C10H9F3N2O2. The van der Waals surface area contributed by atoms with Crippen molar-refractivity contribution in [2.45, 2.75) is 18.7 Å². The van der Waals surface area contributed by atoms with Crippen LogP contribution in [0.4, 0.5) is 18.9 Å². The summed E-state index contributed by atoms with van der Waals surface area (Å²) < 4.78 is 37.3. The summed E-state index contributed by atoms with van der Waals surface area (Å²) in [4.78, 5) is 16.0. The Balaban J connectivity index is 2.31. The molecule has 4 nitrogen and oxygen atoms in total. The van der Waals surface area contributed by atoms with Gasteiger partial charge in [-0.15, -0.1) is 0 Å². The molecule has 1 aliphatic heterocycles. The molecule has 0 aliphatic carbocycles. The molecule has 7 heteroatoms. The number of aliphatic hydroxyl groups excluding tert-OH is 1. The van der Waals surface area contributed by atoms with Crippen LogP contribution in [0, 0.1) is 0 Å². The van der Waals surface area contributed by atoms with E-state index in [1.165, 1.54) is 6.20 Å². The molecule has 2 heterocycles. The minimum atomic E-state index is -4.50. The predicted octanol–water partition coefficient (Wildman–Crippen LogP) is 1.20. The van der Waals surface area contributed by atoms with E-state index < -0.39 is 23.8 Å². The van der Waals surface area contributed by atoms with Gasteiger partial charge in [0.1, 0.15) is 0 Å². The number of hydrogen-bond acceptors (Lipinski definition) is 3. The van der Waals surface area contributed by atoms with Crippen molar-refractivity contribution in [1.29, 1.82) is 0 Å². The largest absolute Gasteiger partial charge is 0.417 e. The summed E-state index contributed by atoms with van der Waals surface area (Å²) in [5.74, 6) is -0.404. The number of nitrogens with zero attached hydrogens (tertiary/aromatic N) is 2. The second-order valence-electron chi connectivity index (χ2n) is 3.79. The first-order valence-electron chi connectivity index (χ1n) is 4.88. The molecule has 0 saturated carbocycles. The fourth-order valence-corrected chi connectivity index (χ4v) is 1.67. The van der Waals surface area contributed by atoms with E-state index >= 15 is 0 Å². The molecule has 1 aliphatic rings. The molecule has 1 aromatic rings. The molecule has 1 fully saturated rings. The molecule has 1 amide bonds. The van der Waals surface area contributed by atoms with Crippen molar-refractivity contribution in [3.8, 4) is 0 Å². The highest BCUT2D eigenvalue weighted by Crippen LogP contribution is 2.31. The van der Waals surface area contributed by atoms with E-state index in [0.29, 0.717) is 6.20 Å². The second kappa shape index (κ2) is 3.99. The summed E-state index contributed by atoms with van der Waals surface area (Å²) in [6.45, 7) is 0.00181. The molecule has 1 unspecified atom stereocenters. The van der Waals surface area contributed by atoms with E-state index in [1.54, 1.807) is 0 Å². The van der Waals surface area contributed by atoms with Crippen LogP contribution >= 0.6 is 0 Å². The molecule has 2 rings (SSSR count). The lowest BCUT2D eigenvalue weighted by Gasteiger charge is -2.16. The van der Waals surface area contributed by atoms with Gasteiger partial charge >= 0.3 is 6.18 Å². The minimum Gasteiger partial charge on any atom is -0.391 e. The van der Waals surface area contributed by atoms with Crippen molar-refractivity contribution in [1.82, 2.24) is 4.98 Å². The Morgan fingerprint density at radius 3 is 2.65 bits per heavy atom. The van der Waals surface area contributed by atoms with Gasteiger partial charge in [0.15, 0.2) is 0 Å². The molecule has 92 valence electrons. The van der Waals surface area contributed by atoms with Gasteiger partial charge in [-0.2, -0.15) is 13.2 Å². The van der Waals surface area contributed by atoms with Crippen LogP contribution < -0.4 is 4.90 Å². The quantitative estimate of drug-likeness (QED) is 0.810. The normalized spacial score (nSPS) is 21.1. The highest BCUT2D eigenvalue weighted by Gasteiger charge is 2.34. The average molecular weight is 246 g/mol. The topological polar surface area (TPSA) is 53.4 Å².